The monoisotopic (exact) mass is 432 g/mol. The molecular formula is C24H20N2O4S. The third-order valence-corrected chi connectivity index (χ3v) is 5.79. The van der Waals surface area contributed by atoms with Crippen LogP contribution in [0.25, 0.3) is 0 Å². The largest absolute Gasteiger partial charge is 0.497 e. The molecule has 0 fully saturated rings. The van der Waals surface area contributed by atoms with E-state index >= 15 is 0 Å². The number of carbonyl (C=O) groups excluding carboxylic acids is 2. The van der Waals surface area contributed by atoms with E-state index in [-0.39, 0.29) is 11.6 Å². The van der Waals surface area contributed by atoms with Gasteiger partial charge in [0.15, 0.2) is 0 Å². The second-order valence-electron chi connectivity index (χ2n) is 6.62. The Morgan fingerprint density at radius 3 is 1.90 bits per heavy atom. The van der Waals surface area contributed by atoms with Crippen LogP contribution >= 0.6 is 11.8 Å². The predicted octanol–water partition coefficient (Wildman–Crippen LogP) is 4.69. The third-order valence-electron chi connectivity index (χ3n) is 4.69. The smallest absolute Gasteiger partial charge is 0.283 e. The van der Waals surface area contributed by atoms with Crippen LogP contribution < -0.4 is 19.7 Å². The Labute approximate surface area is 184 Å². The molecule has 0 aromatic heterocycles. The zero-order valence-corrected chi connectivity index (χ0v) is 17.8. The highest BCUT2D eigenvalue weighted by molar-refractivity contribution is 8.04. The van der Waals surface area contributed by atoms with Gasteiger partial charge in [-0.25, -0.2) is 4.90 Å². The predicted molar refractivity (Wildman–Crippen MR) is 121 cm³/mol. The van der Waals surface area contributed by atoms with Crippen molar-refractivity contribution in [2.45, 2.75) is 4.90 Å². The molecule has 0 saturated carbocycles. The number of hydrogen-bond acceptors (Lipinski definition) is 6. The summed E-state index contributed by atoms with van der Waals surface area (Å²) >= 11 is 1.26. The zero-order valence-electron chi connectivity index (χ0n) is 17.0. The number of hydrogen-bond donors (Lipinski definition) is 1. The first kappa shape index (κ1) is 20.6. The van der Waals surface area contributed by atoms with Crippen LogP contribution in [-0.2, 0) is 9.59 Å². The van der Waals surface area contributed by atoms with Crippen molar-refractivity contribution in [3.05, 3.63) is 89.5 Å². The molecule has 0 aliphatic carbocycles. The van der Waals surface area contributed by atoms with E-state index in [9.17, 15) is 9.59 Å². The number of nitrogens with one attached hydrogen (secondary N) is 1. The number of ether oxygens (including phenoxy) is 2. The number of rotatable bonds is 7. The van der Waals surface area contributed by atoms with Gasteiger partial charge in [-0.2, -0.15) is 0 Å². The molecule has 1 N–H and O–H groups in total. The molecular weight excluding hydrogens is 412 g/mol. The highest BCUT2D eigenvalue weighted by Crippen LogP contribution is 2.38. The van der Waals surface area contributed by atoms with Gasteiger partial charge in [-0.1, -0.05) is 30.0 Å². The van der Waals surface area contributed by atoms with Crippen LogP contribution in [0.4, 0.5) is 11.4 Å². The van der Waals surface area contributed by atoms with Crippen LogP contribution in [0.1, 0.15) is 0 Å². The molecule has 0 bridgehead atoms. The maximum absolute atomic E-state index is 13.3. The Morgan fingerprint density at radius 2 is 1.32 bits per heavy atom. The average molecular weight is 433 g/mol. The van der Waals surface area contributed by atoms with Crippen molar-refractivity contribution >= 4 is 35.0 Å². The molecule has 0 atom stereocenters. The lowest BCUT2D eigenvalue weighted by atomic mass is 10.2. The van der Waals surface area contributed by atoms with Crippen molar-refractivity contribution in [2.75, 3.05) is 24.4 Å². The van der Waals surface area contributed by atoms with Crippen molar-refractivity contribution in [3.8, 4) is 11.5 Å². The molecule has 31 heavy (non-hydrogen) atoms. The number of methoxy groups -OCH3 is 2. The van der Waals surface area contributed by atoms with E-state index in [0.717, 1.165) is 4.90 Å². The first-order valence-corrected chi connectivity index (χ1v) is 10.3. The summed E-state index contributed by atoms with van der Waals surface area (Å²) in [7, 11) is 3.15. The standard InChI is InChI=1S/C24H20N2O4S/c1-29-18-12-8-16(9-13-18)25-21-22(31-20-6-4-3-5-7-20)24(28)26(23(21)27)17-10-14-19(30-2)15-11-17/h3-15,25H,1-2H3. The Balaban J connectivity index is 1.70. The molecule has 1 aliphatic heterocycles. The quantitative estimate of drug-likeness (QED) is 0.546. The fourth-order valence-electron chi connectivity index (χ4n) is 3.11. The number of imide groups is 1. The summed E-state index contributed by atoms with van der Waals surface area (Å²) in [5.74, 6) is 0.558. The van der Waals surface area contributed by atoms with E-state index < -0.39 is 5.91 Å². The second kappa shape index (κ2) is 8.97. The van der Waals surface area contributed by atoms with Crippen molar-refractivity contribution in [1.29, 1.82) is 0 Å². The lowest BCUT2D eigenvalue weighted by Gasteiger charge is -2.15. The fraction of sp³-hybridized carbons (Fsp3) is 0.0833. The molecule has 4 rings (SSSR count). The van der Waals surface area contributed by atoms with Crippen molar-refractivity contribution in [3.63, 3.8) is 0 Å². The maximum Gasteiger partial charge on any atom is 0.283 e. The minimum absolute atomic E-state index is 0.236. The zero-order chi connectivity index (χ0) is 21.8. The molecule has 7 heteroatoms. The van der Waals surface area contributed by atoms with Gasteiger partial charge in [-0.05, 0) is 60.7 Å². The van der Waals surface area contributed by atoms with E-state index in [1.807, 2.05) is 30.3 Å². The molecule has 0 spiro atoms. The van der Waals surface area contributed by atoms with E-state index in [0.29, 0.717) is 27.8 Å². The van der Waals surface area contributed by atoms with Crippen molar-refractivity contribution in [1.82, 2.24) is 0 Å². The SMILES string of the molecule is COc1ccc(NC2=C(Sc3ccccc3)C(=O)N(c3ccc(OC)cc3)C2=O)cc1. The van der Waals surface area contributed by atoms with Gasteiger partial charge in [-0.15, -0.1) is 0 Å². The summed E-state index contributed by atoms with van der Waals surface area (Å²) in [6, 6.07) is 23.5. The molecule has 3 aromatic carbocycles. The number of nitrogens with zero attached hydrogens (tertiary/aromatic N) is 1. The molecule has 2 amide bonds. The van der Waals surface area contributed by atoms with Gasteiger partial charge in [0.2, 0.25) is 0 Å². The number of anilines is 2. The van der Waals surface area contributed by atoms with Crippen LogP contribution in [-0.4, -0.2) is 26.0 Å². The Kier molecular flexibility index (Phi) is 5.95. The van der Waals surface area contributed by atoms with Gasteiger partial charge in [0.25, 0.3) is 11.8 Å². The highest BCUT2D eigenvalue weighted by Gasteiger charge is 2.40. The lowest BCUT2D eigenvalue weighted by molar-refractivity contribution is -0.120. The van der Waals surface area contributed by atoms with E-state index in [1.165, 1.54) is 16.7 Å². The van der Waals surface area contributed by atoms with Gasteiger partial charge < -0.3 is 14.8 Å². The number of benzene rings is 3. The van der Waals surface area contributed by atoms with Crippen LogP contribution in [0.2, 0.25) is 0 Å². The lowest BCUT2D eigenvalue weighted by Crippen LogP contribution is -2.32. The van der Waals surface area contributed by atoms with Gasteiger partial charge in [0, 0.05) is 10.6 Å². The first-order chi connectivity index (χ1) is 15.1. The Morgan fingerprint density at radius 1 is 0.742 bits per heavy atom. The van der Waals surface area contributed by atoms with Crippen molar-refractivity contribution in [2.24, 2.45) is 0 Å². The number of amides is 2. The van der Waals surface area contributed by atoms with Gasteiger partial charge in [0.05, 0.1) is 19.9 Å². The maximum atomic E-state index is 13.3. The van der Waals surface area contributed by atoms with E-state index in [4.69, 9.17) is 9.47 Å². The molecule has 156 valence electrons. The molecule has 0 radical (unpaired) electrons. The second-order valence-corrected chi connectivity index (χ2v) is 7.70. The molecule has 1 heterocycles. The molecule has 1 aliphatic rings. The molecule has 0 saturated heterocycles. The highest BCUT2D eigenvalue weighted by atomic mass is 32.2. The minimum atomic E-state index is -0.413. The molecule has 6 nitrogen and oxygen atoms in total. The molecule has 3 aromatic rings. The topological polar surface area (TPSA) is 67.9 Å². The van der Waals surface area contributed by atoms with Gasteiger partial charge >= 0.3 is 0 Å². The van der Waals surface area contributed by atoms with Crippen molar-refractivity contribution < 1.29 is 19.1 Å². The minimum Gasteiger partial charge on any atom is -0.497 e. The Hall–Kier alpha value is -3.71. The number of carbonyl (C=O) groups is 2. The van der Waals surface area contributed by atoms with Crippen LogP contribution in [0.15, 0.2) is 94.4 Å². The van der Waals surface area contributed by atoms with E-state index in [1.54, 1.807) is 62.8 Å². The average Bonchev–Trinajstić information content (AvgIpc) is 3.04. The van der Waals surface area contributed by atoms with E-state index in [2.05, 4.69) is 5.32 Å². The van der Waals surface area contributed by atoms with Gasteiger partial charge in [-0.3, -0.25) is 9.59 Å². The normalized spacial score (nSPS) is 13.5. The summed E-state index contributed by atoms with van der Waals surface area (Å²) in [6.45, 7) is 0. The summed E-state index contributed by atoms with van der Waals surface area (Å²) in [4.78, 5) is 29.0. The fourth-order valence-corrected chi connectivity index (χ4v) is 4.05. The van der Waals surface area contributed by atoms with Gasteiger partial charge in [0.1, 0.15) is 22.1 Å². The Bertz CT molecular complexity index is 1130. The number of thioether (sulfide) groups is 1. The summed E-state index contributed by atoms with van der Waals surface area (Å²) in [6.07, 6.45) is 0. The first-order valence-electron chi connectivity index (χ1n) is 9.52. The van der Waals surface area contributed by atoms with Crippen LogP contribution in [0.3, 0.4) is 0 Å². The summed E-state index contributed by atoms with van der Waals surface area (Å²) in [5.41, 5.74) is 1.40. The van der Waals surface area contributed by atoms with Crippen LogP contribution in [0, 0.1) is 0 Å². The summed E-state index contributed by atoms with van der Waals surface area (Å²) in [5, 5.41) is 3.13. The summed E-state index contributed by atoms with van der Waals surface area (Å²) < 4.78 is 10.4. The van der Waals surface area contributed by atoms with Crippen LogP contribution in [0.5, 0.6) is 11.5 Å². The third kappa shape index (κ3) is 4.27. The molecule has 0 unspecified atom stereocenters.